The summed E-state index contributed by atoms with van der Waals surface area (Å²) in [5, 5.41) is 4.36. The topological polar surface area (TPSA) is 25.2 Å². The lowest BCUT2D eigenvalue weighted by Crippen LogP contribution is -2.26. The highest BCUT2D eigenvalue weighted by atomic mass is 35.5. The van der Waals surface area contributed by atoms with Crippen LogP contribution in [0, 0.1) is 5.92 Å². The standard InChI is InChI=1S/C17H22ClNO/c1-2-9-19-13-14(12-16-7-5-10-20-16)11-15-6-3-4-8-17(15)18/h3-8,10,14,19H,2,9,11-13H2,1H3. The summed E-state index contributed by atoms with van der Waals surface area (Å²) >= 11 is 6.27. The van der Waals surface area contributed by atoms with Crippen molar-refractivity contribution in [3.05, 3.63) is 59.0 Å². The molecule has 0 aliphatic rings. The molecule has 2 aromatic rings. The highest BCUT2D eigenvalue weighted by molar-refractivity contribution is 6.31. The molecule has 1 aromatic heterocycles. The summed E-state index contributed by atoms with van der Waals surface area (Å²) in [6.45, 7) is 4.22. The van der Waals surface area contributed by atoms with Gasteiger partial charge in [-0.15, -0.1) is 0 Å². The Balaban J connectivity index is 1.99. The average Bonchev–Trinajstić information content (AvgIpc) is 2.94. The lowest BCUT2D eigenvalue weighted by Gasteiger charge is -2.17. The van der Waals surface area contributed by atoms with E-state index in [-0.39, 0.29) is 0 Å². The van der Waals surface area contributed by atoms with E-state index in [1.54, 1.807) is 6.26 Å². The van der Waals surface area contributed by atoms with Crippen LogP contribution in [0.15, 0.2) is 47.1 Å². The fraction of sp³-hybridized carbons (Fsp3) is 0.412. The van der Waals surface area contributed by atoms with Crippen molar-refractivity contribution in [3.63, 3.8) is 0 Å². The summed E-state index contributed by atoms with van der Waals surface area (Å²) in [6.07, 6.45) is 4.80. The van der Waals surface area contributed by atoms with Gasteiger partial charge in [0.25, 0.3) is 0 Å². The zero-order valence-electron chi connectivity index (χ0n) is 11.9. The number of hydrogen-bond acceptors (Lipinski definition) is 2. The summed E-state index contributed by atoms with van der Waals surface area (Å²) in [6, 6.07) is 12.1. The number of nitrogens with one attached hydrogen (secondary N) is 1. The maximum Gasteiger partial charge on any atom is 0.104 e. The van der Waals surface area contributed by atoms with Crippen molar-refractivity contribution in [1.82, 2.24) is 5.32 Å². The monoisotopic (exact) mass is 291 g/mol. The molecular formula is C17H22ClNO. The van der Waals surface area contributed by atoms with Crippen molar-refractivity contribution in [2.75, 3.05) is 13.1 Å². The van der Waals surface area contributed by atoms with Crippen LogP contribution in [0.5, 0.6) is 0 Å². The molecule has 1 N–H and O–H groups in total. The van der Waals surface area contributed by atoms with E-state index in [9.17, 15) is 0 Å². The van der Waals surface area contributed by atoms with Gasteiger partial charge in [-0.2, -0.15) is 0 Å². The van der Waals surface area contributed by atoms with Crippen LogP contribution in [0.1, 0.15) is 24.7 Å². The molecule has 0 bridgehead atoms. The lowest BCUT2D eigenvalue weighted by molar-refractivity contribution is 0.415. The van der Waals surface area contributed by atoms with E-state index in [1.165, 1.54) is 5.56 Å². The molecule has 1 aromatic carbocycles. The quantitative estimate of drug-likeness (QED) is 0.732. The van der Waals surface area contributed by atoms with E-state index in [1.807, 2.05) is 30.3 Å². The second-order valence-corrected chi connectivity index (χ2v) is 5.56. The molecule has 20 heavy (non-hydrogen) atoms. The number of furan rings is 1. The first-order valence-corrected chi connectivity index (χ1v) is 7.64. The number of halogens is 1. The Kier molecular flexibility index (Phi) is 6.16. The van der Waals surface area contributed by atoms with Gasteiger partial charge in [-0.3, -0.25) is 0 Å². The van der Waals surface area contributed by atoms with Gasteiger partial charge >= 0.3 is 0 Å². The van der Waals surface area contributed by atoms with E-state index in [0.29, 0.717) is 5.92 Å². The van der Waals surface area contributed by atoms with Crippen LogP contribution in [0.2, 0.25) is 5.02 Å². The Bertz CT molecular complexity index is 495. The third-order valence-corrected chi connectivity index (χ3v) is 3.76. The smallest absolute Gasteiger partial charge is 0.104 e. The van der Waals surface area contributed by atoms with Gasteiger partial charge in [0.15, 0.2) is 0 Å². The van der Waals surface area contributed by atoms with Crippen LogP contribution in [0.25, 0.3) is 0 Å². The van der Waals surface area contributed by atoms with Gasteiger partial charge in [0.05, 0.1) is 6.26 Å². The third kappa shape index (κ3) is 4.69. The van der Waals surface area contributed by atoms with Crippen molar-refractivity contribution >= 4 is 11.6 Å². The van der Waals surface area contributed by atoms with Crippen LogP contribution < -0.4 is 5.32 Å². The molecule has 0 amide bonds. The minimum Gasteiger partial charge on any atom is -0.469 e. The molecule has 3 heteroatoms. The first-order valence-electron chi connectivity index (χ1n) is 7.26. The highest BCUT2D eigenvalue weighted by Crippen LogP contribution is 2.21. The van der Waals surface area contributed by atoms with Crippen molar-refractivity contribution < 1.29 is 4.42 Å². The van der Waals surface area contributed by atoms with Crippen LogP contribution in [0.4, 0.5) is 0 Å². The normalized spacial score (nSPS) is 12.5. The molecule has 0 saturated carbocycles. The number of benzene rings is 1. The Morgan fingerprint density at radius 2 is 2.00 bits per heavy atom. The highest BCUT2D eigenvalue weighted by Gasteiger charge is 2.13. The molecule has 1 heterocycles. The summed E-state index contributed by atoms with van der Waals surface area (Å²) in [5.41, 5.74) is 1.21. The first-order chi connectivity index (χ1) is 9.79. The fourth-order valence-electron chi connectivity index (χ4n) is 2.39. The summed E-state index contributed by atoms with van der Waals surface area (Å²) in [7, 11) is 0. The lowest BCUT2D eigenvalue weighted by atomic mass is 9.95. The second-order valence-electron chi connectivity index (χ2n) is 5.15. The van der Waals surface area contributed by atoms with E-state index in [4.69, 9.17) is 16.0 Å². The zero-order chi connectivity index (χ0) is 14.2. The van der Waals surface area contributed by atoms with E-state index in [2.05, 4.69) is 18.3 Å². The summed E-state index contributed by atoms with van der Waals surface area (Å²) in [4.78, 5) is 0. The van der Waals surface area contributed by atoms with Crippen LogP contribution in [0.3, 0.4) is 0 Å². The number of rotatable bonds is 8. The van der Waals surface area contributed by atoms with Crippen molar-refractivity contribution in [2.24, 2.45) is 5.92 Å². The van der Waals surface area contributed by atoms with Gasteiger partial charge in [0.2, 0.25) is 0 Å². The minimum atomic E-state index is 0.493. The first kappa shape index (κ1) is 15.1. The second kappa shape index (κ2) is 8.13. The minimum absolute atomic E-state index is 0.493. The van der Waals surface area contributed by atoms with Gasteiger partial charge in [-0.25, -0.2) is 0 Å². The third-order valence-electron chi connectivity index (χ3n) is 3.40. The van der Waals surface area contributed by atoms with E-state index in [0.717, 1.165) is 43.1 Å². The van der Waals surface area contributed by atoms with Gasteiger partial charge in [0, 0.05) is 11.4 Å². The molecule has 1 unspecified atom stereocenters. The molecule has 108 valence electrons. The Morgan fingerprint density at radius 1 is 1.15 bits per heavy atom. The van der Waals surface area contributed by atoms with Crippen molar-refractivity contribution in [1.29, 1.82) is 0 Å². The van der Waals surface area contributed by atoms with Crippen LogP contribution in [-0.2, 0) is 12.8 Å². The van der Waals surface area contributed by atoms with E-state index < -0.39 is 0 Å². The van der Waals surface area contributed by atoms with Crippen molar-refractivity contribution in [3.8, 4) is 0 Å². The molecule has 0 fully saturated rings. The van der Waals surface area contributed by atoms with Crippen LogP contribution >= 0.6 is 11.6 Å². The Labute approximate surface area is 126 Å². The van der Waals surface area contributed by atoms with Gasteiger partial charge in [-0.05, 0) is 55.6 Å². The average molecular weight is 292 g/mol. The van der Waals surface area contributed by atoms with E-state index >= 15 is 0 Å². The molecule has 0 saturated heterocycles. The molecule has 2 nitrogen and oxygen atoms in total. The van der Waals surface area contributed by atoms with Crippen molar-refractivity contribution in [2.45, 2.75) is 26.2 Å². The molecule has 0 spiro atoms. The molecule has 0 aliphatic heterocycles. The largest absolute Gasteiger partial charge is 0.469 e. The van der Waals surface area contributed by atoms with Gasteiger partial charge in [-0.1, -0.05) is 36.7 Å². The van der Waals surface area contributed by atoms with Crippen LogP contribution in [-0.4, -0.2) is 13.1 Å². The van der Waals surface area contributed by atoms with Gasteiger partial charge in [0.1, 0.15) is 5.76 Å². The predicted octanol–water partition coefficient (Wildman–Crippen LogP) is 4.33. The fourth-order valence-corrected chi connectivity index (χ4v) is 2.60. The summed E-state index contributed by atoms with van der Waals surface area (Å²) in [5.74, 6) is 1.54. The number of hydrogen-bond donors (Lipinski definition) is 1. The predicted molar refractivity (Wildman–Crippen MR) is 84.2 cm³/mol. The Hall–Kier alpha value is -1.25. The summed E-state index contributed by atoms with van der Waals surface area (Å²) < 4.78 is 5.48. The zero-order valence-corrected chi connectivity index (χ0v) is 12.7. The molecule has 2 rings (SSSR count). The maximum absolute atomic E-state index is 6.27. The maximum atomic E-state index is 6.27. The molecule has 1 atom stereocenters. The molecular weight excluding hydrogens is 270 g/mol. The SMILES string of the molecule is CCCNCC(Cc1ccco1)Cc1ccccc1Cl. The Morgan fingerprint density at radius 3 is 2.70 bits per heavy atom. The molecule has 0 aliphatic carbocycles. The van der Waals surface area contributed by atoms with Gasteiger partial charge < -0.3 is 9.73 Å². The molecule has 0 radical (unpaired) electrons.